The van der Waals surface area contributed by atoms with Crippen LogP contribution in [-0.2, 0) is 11.2 Å². The second-order valence-corrected chi connectivity index (χ2v) is 6.06. The van der Waals surface area contributed by atoms with E-state index in [4.69, 9.17) is 0 Å². The molecule has 0 aromatic heterocycles. The van der Waals surface area contributed by atoms with E-state index in [0.717, 1.165) is 38.4 Å². The Balaban J connectivity index is 1.63. The normalized spacial score (nSPS) is 16.1. The summed E-state index contributed by atoms with van der Waals surface area (Å²) < 4.78 is 0. The van der Waals surface area contributed by atoms with Gasteiger partial charge in [-0.1, -0.05) is 30.3 Å². The number of carbonyl (C=O) groups excluding carboxylic acids is 1. The van der Waals surface area contributed by atoms with Crippen molar-refractivity contribution in [1.82, 2.24) is 10.2 Å². The molecule has 0 saturated carbocycles. The van der Waals surface area contributed by atoms with Crippen molar-refractivity contribution in [2.75, 3.05) is 26.7 Å². The molecule has 0 radical (unpaired) electrons. The summed E-state index contributed by atoms with van der Waals surface area (Å²) in [5.41, 5.74) is 1.33. The van der Waals surface area contributed by atoms with Crippen LogP contribution in [0, 0.1) is 5.92 Å². The van der Waals surface area contributed by atoms with Gasteiger partial charge in [-0.3, -0.25) is 4.79 Å². The van der Waals surface area contributed by atoms with Crippen molar-refractivity contribution in [2.24, 2.45) is 5.92 Å². The number of aryl methyl sites for hydroxylation is 1. The molecule has 1 amide bonds. The minimum absolute atomic E-state index is 0.345. The first-order valence-corrected chi connectivity index (χ1v) is 8.26. The summed E-state index contributed by atoms with van der Waals surface area (Å²) in [4.78, 5) is 14.3. The summed E-state index contributed by atoms with van der Waals surface area (Å²) >= 11 is 0. The summed E-state index contributed by atoms with van der Waals surface area (Å²) in [5.74, 6) is 1.14. The number of likely N-dealkylation sites (tertiary alicyclic amines) is 1. The number of piperidine rings is 1. The van der Waals surface area contributed by atoms with E-state index < -0.39 is 0 Å². The van der Waals surface area contributed by atoms with Crippen molar-refractivity contribution in [1.29, 1.82) is 0 Å². The largest absolute Gasteiger partial charge is 0.343 e. The number of nitrogens with zero attached hydrogens (tertiary/aromatic N) is 1. The second-order valence-electron chi connectivity index (χ2n) is 6.06. The molecule has 0 aliphatic carbocycles. The fourth-order valence-corrected chi connectivity index (χ4v) is 3.07. The monoisotopic (exact) mass is 288 g/mol. The maximum Gasteiger partial charge on any atom is 0.222 e. The second kappa shape index (κ2) is 8.83. The Morgan fingerprint density at radius 2 is 1.95 bits per heavy atom. The molecule has 3 nitrogen and oxygen atoms in total. The molecule has 0 spiro atoms. The Bertz CT molecular complexity index is 410. The van der Waals surface area contributed by atoms with E-state index in [1.807, 2.05) is 13.1 Å². The van der Waals surface area contributed by atoms with Crippen LogP contribution in [0.15, 0.2) is 30.3 Å². The Hall–Kier alpha value is -1.35. The number of nitrogens with one attached hydrogen (secondary N) is 1. The topological polar surface area (TPSA) is 32.3 Å². The van der Waals surface area contributed by atoms with Gasteiger partial charge < -0.3 is 10.2 Å². The maximum absolute atomic E-state index is 12.2. The fraction of sp³-hybridized carbons (Fsp3) is 0.611. The van der Waals surface area contributed by atoms with E-state index >= 15 is 0 Å². The molecule has 1 aliphatic rings. The highest BCUT2D eigenvalue weighted by Crippen LogP contribution is 2.20. The molecule has 1 heterocycles. The molecule has 1 aromatic carbocycles. The molecule has 0 atom stereocenters. The quantitative estimate of drug-likeness (QED) is 0.837. The van der Waals surface area contributed by atoms with Crippen LogP contribution in [-0.4, -0.2) is 37.5 Å². The highest BCUT2D eigenvalue weighted by atomic mass is 16.2. The molecule has 2 rings (SSSR count). The van der Waals surface area contributed by atoms with Gasteiger partial charge in [-0.25, -0.2) is 0 Å². The molecule has 3 heteroatoms. The third-order valence-electron chi connectivity index (χ3n) is 4.47. The molecule has 1 fully saturated rings. The molecule has 0 bridgehead atoms. The van der Waals surface area contributed by atoms with Gasteiger partial charge in [0.25, 0.3) is 0 Å². The van der Waals surface area contributed by atoms with Crippen molar-refractivity contribution in [3.63, 3.8) is 0 Å². The highest BCUT2D eigenvalue weighted by molar-refractivity contribution is 5.76. The summed E-state index contributed by atoms with van der Waals surface area (Å²) in [6, 6.07) is 10.4. The van der Waals surface area contributed by atoms with Crippen molar-refractivity contribution in [3.05, 3.63) is 35.9 Å². The van der Waals surface area contributed by atoms with E-state index in [1.165, 1.54) is 24.8 Å². The summed E-state index contributed by atoms with van der Waals surface area (Å²) in [5, 5.41) is 3.21. The van der Waals surface area contributed by atoms with E-state index in [-0.39, 0.29) is 0 Å². The van der Waals surface area contributed by atoms with Crippen molar-refractivity contribution < 1.29 is 4.79 Å². The molecule has 21 heavy (non-hydrogen) atoms. The predicted molar refractivity (Wildman–Crippen MR) is 87.2 cm³/mol. The van der Waals surface area contributed by atoms with E-state index in [0.29, 0.717) is 12.3 Å². The van der Waals surface area contributed by atoms with E-state index in [2.05, 4.69) is 34.5 Å². The van der Waals surface area contributed by atoms with Crippen LogP contribution in [0.4, 0.5) is 0 Å². The van der Waals surface area contributed by atoms with Gasteiger partial charge in [0.15, 0.2) is 0 Å². The van der Waals surface area contributed by atoms with E-state index in [9.17, 15) is 4.79 Å². The van der Waals surface area contributed by atoms with Gasteiger partial charge in [-0.15, -0.1) is 0 Å². The number of hydrogen-bond donors (Lipinski definition) is 1. The molecule has 0 unspecified atom stereocenters. The highest BCUT2D eigenvalue weighted by Gasteiger charge is 2.21. The summed E-state index contributed by atoms with van der Waals surface area (Å²) in [7, 11) is 2.01. The Labute approximate surface area is 128 Å². The lowest BCUT2D eigenvalue weighted by Crippen LogP contribution is -2.38. The number of benzene rings is 1. The zero-order valence-electron chi connectivity index (χ0n) is 13.2. The lowest BCUT2D eigenvalue weighted by molar-refractivity contribution is -0.132. The summed E-state index contributed by atoms with van der Waals surface area (Å²) in [6.45, 7) is 3.01. The Kier molecular flexibility index (Phi) is 6.74. The molecule has 1 saturated heterocycles. The minimum atomic E-state index is 0.345. The van der Waals surface area contributed by atoms with Gasteiger partial charge >= 0.3 is 0 Å². The van der Waals surface area contributed by atoms with Crippen LogP contribution >= 0.6 is 0 Å². The molecule has 116 valence electrons. The Morgan fingerprint density at radius 3 is 2.62 bits per heavy atom. The number of amides is 1. The van der Waals surface area contributed by atoms with Crippen LogP contribution in [0.2, 0.25) is 0 Å². The van der Waals surface area contributed by atoms with Gasteiger partial charge in [0.1, 0.15) is 0 Å². The van der Waals surface area contributed by atoms with Gasteiger partial charge in [0, 0.05) is 19.5 Å². The fourth-order valence-electron chi connectivity index (χ4n) is 3.07. The number of rotatable bonds is 7. The SMILES string of the molecule is CNCCC1CCN(C(=O)CCCc2ccccc2)CC1. The van der Waals surface area contributed by atoms with Gasteiger partial charge in [-0.05, 0) is 57.2 Å². The molecule has 1 aromatic rings. The average molecular weight is 288 g/mol. The van der Waals surface area contributed by atoms with Crippen LogP contribution in [0.25, 0.3) is 0 Å². The molecule has 1 N–H and O–H groups in total. The smallest absolute Gasteiger partial charge is 0.222 e. The first-order chi connectivity index (χ1) is 10.3. The molecular formula is C18H28N2O. The van der Waals surface area contributed by atoms with Crippen molar-refractivity contribution >= 4 is 5.91 Å². The lowest BCUT2D eigenvalue weighted by atomic mass is 9.93. The molecule has 1 aliphatic heterocycles. The third kappa shape index (κ3) is 5.50. The maximum atomic E-state index is 12.2. The predicted octanol–water partition coefficient (Wildman–Crippen LogP) is 2.86. The van der Waals surface area contributed by atoms with Gasteiger partial charge in [-0.2, -0.15) is 0 Å². The summed E-state index contributed by atoms with van der Waals surface area (Å²) in [6.07, 6.45) is 6.24. The zero-order valence-corrected chi connectivity index (χ0v) is 13.2. The lowest BCUT2D eigenvalue weighted by Gasteiger charge is -2.32. The average Bonchev–Trinajstić information content (AvgIpc) is 2.54. The first kappa shape index (κ1) is 16.0. The third-order valence-corrected chi connectivity index (χ3v) is 4.47. The molecular weight excluding hydrogens is 260 g/mol. The van der Waals surface area contributed by atoms with Gasteiger partial charge in [0.05, 0.1) is 0 Å². The minimum Gasteiger partial charge on any atom is -0.343 e. The zero-order chi connectivity index (χ0) is 14.9. The van der Waals surface area contributed by atoms with Crippen LogP contribution in [0.3, 0.4) is 0 Å². The number of carbonyl (C=O) groups is 1. The van der Waals surface area contributed by atoms with E-state index in [1.54, 1.807) is 0 Å². The van der Waals surface area contributed by atoms with Crippen molar-refractivity contribution in [2.45, 2.75) is 38.5 Å². The standard InChI is InChI=1S/C18H28N2O/c1-19-13-10-17-11-14-20(15-12-17)18(21)9-5-8-16-6-3-2-4-7-16/h2-4,6-7,17,19H,5,8-15H2,1H3. The van der Waals surface area contributed by atoms with Crippen LogP contribution in [0.5, 0.6) is 0 Å². The Morgan fingerprint density at radius 1 is 1.24 bits per heavy atom. The van der Waals surface area contributed by atoms with Gasteiger partial charge in [0.2, 0.25) is 5.91 Å². The number of hydrogen-bond acceptors (Lipinski definition) is 2. The first-order valence-electron chi connectivity index (χ1n) is 8.26. The van der Waals surface area contributed by atoms with Crippen LogP contribution < -0.4 is 5.32 Å². The van der Waals surface area contributed by atoms with Crippen molar-refractivity contribution in [3.8, 4) is 0 Å². The van der Waals surface area contributed by atoms with Crippen LogP contribution in [0.1, 0.15) is 37.7 Å².